The molecule has 0 saturated carbocycles. The first-order valence-corrected chi connectivity index (χ1v) is 8.71. The first-order chi connectivity index (χ1) is 9.65. The fraction of sp³-hybridized carbons (Fsp3) is 0.647. The van der Waals surface area contributed by atoms with E-state index in [-0.39, 0.29) is 0 Å². The van der Waals surface area contributed by atoms with Crippen molar-refractivity contribution in [3.63, 3.8) is 0 Å². The highest BCUT2D eigenvalue weighted by Gasteiger charge is 2.26. The molecule has 2 rings (SSSR count). The van der Waals surface area contributed by atoms with Crippen LogP contribution in [0.1, 0.15) is 39.2 Å². The standard InChI is InChI=1S/C17H27BrN2/c1-4-9-19-16-8-10-20(12-13(16)3)17-7-6-15(18)11-14(17)5-2/h6-7,11,13,16,19H,4-5,8-10,12H2,1-3H3. The number of rotatable bonds is 5. The number of halogens is 1. The normalized spacial score (nSPS) is 23.1. The van der Waals surface area contributed by atoms with Crippen LogP contribution in [0.15, 0.2) is 22.7 Å². The summed E-state index contributed by atoms with van der Waals surface area (Å²) in [7, 11) is 0. The van der Waals surface area contributed by atoms with Crippen LogP contribution in [0.4, 0.5) is 5.69 Å². The maximum atomic E-state index is 3.70. The molecule has 112 valence electrons. The second-order valence-corrected chi connectivity index (χ2v) is 6.81. The molecule has 1 heterocycles. The van der Waals surface area contributed by atoms with E-state index in [4.69, 9.17) is 0 Å². The van der Waals surface area contributed by atoms with E-state index in [0.717, 1.165) is 19.5 Å². The van der Waals surface area contributed by atoms with Crippen LogP contribution in [0.5, 0.6) is 0 Å². The molecule has 0 bridgehead atoms. The van der Waals surface area contributed by atoms with E-state index in [1.54, 1.807) is 0 Å². The lowest BCUT2D eigenvalue weighted by Crippen LogP contribution is -2.48. The number of nitrogens with zero attached hydrogens (tertiary/aromatic N) is 1. The highest BCUT2D eigenvalue weighted by molar-refractivity contribution is 9.10. The third-order valence-corrected chi connectivity index (χ3v) is 4.82. The molecule has 20 heavy (non-hydrogen) atoms. The minimum Gasteiger partial charge on any atom is -0.371 e. The largest absolute Gasteiger partial charge is 0.371 e. The van der Waals surface area contributed by atoms with Crippen molar-refractivity contribution in [1.82, 2.24) is 5.32 Å². The van der Waals surface area contributed by atoms with Crippen LogP contribution in [0, 0.1) is 5.92 Å². The summed E-state index contributed by atoms with van der Waals surface area (Å²) in [5.74, 6) is 0.712. The van der Waals surface area contributed by atoms with E-state index < -0.39 is 0 Å². The fourth-order valence-electron chi connectivity index (χ4n) is 3.14. The molecule has 1 saturated heterocycles. The third-order valence-electron chi connectivity index (χ3n) is 4.32. The van der Waals surface area contributed by atoms with Crippen molar-refractivity contribution < 1.29 is 0 Å². The van der Waals surface area contributed by atoms with Crippen LogP contribution in [-0.4, -0.2) is 25.7 Å². The number of aryl methyl sites for hydroxylation is 1. The number of anilines is 1. The zero-order chi connectivity index (χ0) is 14.5. The van der Waals surface area contributed by atoms with Gasteiger partial charge in [-0.15, -0.1) is 0 Å². The molecule has 1 aliphatic rings. The van der Waals surface area contributed by atoms with Gasteiger partial charge in [-0.05, 0) is 55.5 Å². The van der Waals surface area contributed by atoms with E-state index in [1.807, 2.05) is 0 Å². The molecule has 0 radical (unpaired) electrons. The van der Waals surface area contributed by atoms with E-state index in [9.17, 15) is 0 Å². The summed E-state index contributed by atoms with van der Waals surface area (Å²) in [6.07, 6.45) is 3.57. The van der Waals surface area contributed by atoms with Crippen LogP contribution in [0.2, 0.25) is 0 Å². The smallest absolute Gasteiger partial charge is 0.0399 e. The molecule has 3 heteroatoms. The lowest BCUT2D eigenvalue weighted by atomic mass is 9.92. The van der Waals surface area contributed by atoms with Gasteiger partial charge in [-0.25, -0.2) is 0 Å². The minimum atomic E-state index is 0.687. The predicted octanol–water partition coefficient (Wildman–Crippen LogP) is 4.23. The molecule has 2 nitrogen and oxygen atoms in total. The van der Waals surface area contributed by atoms with E-state index in [1.165, 1.54) is 35.1 Å². The molecule has 1 fully saturated rings. The van der Waals surface area contributed by atoms with Crippen molar-refractivity contribution in [2.75, 3.05) is 24.5 Å². The summed E-state index contributed by atoms with van der Waals surface area (Å²) in [5, 5.41) is 3.70. The van der Waals surface area contributed by atoms with Crippen LogP contribution in [0.3, 0.4) is 0 Å². The summed E-state index contributed by atoms with van der Waals surface area (Å²) < 4.78 is 1.19. The SMILES string of the molecule is CCCNC1CCN(c2ccc(Br)cc2CC)CC1C. The second kappa shape index (κ2) is 7.46. The quantitative estimate of drug-likeness (QED) is 0.864. The average Bonchev–Trinajstić information content (AvgIpc) is 2.45. The van der Waals surface area contributed by atoms with E-state index in [2.05, 4.69) is 65.1 Å². The maximum absolute atomic E-state index is 3.70. The van der Waals surface area contributed by atoms with Gasteiger partial charge in [-0.1, -0.05) is 36.7 Å². The third kappa shape index (κ3) is 3.76. The molecule has 0 aliphatic carbocycles. The first kappa shape index (κ1) is 15.8. The average molecular weight is 339 g/mol. The van der Waals surface area contributed by atoms with Gasteiger partial charge in [-0.2, -0.15) is 0 Å². The molecular formula is C17H27BrN2. The van der Waals surface area contributed by atoms with E-state index >= 15 is 0 Å². The maximum Gasteiger partial charge on any atom is 0.0399 e. The first-order valence-electron chi connectivity index (χ1n) is 7.92. The van der Waals surface area contributed by atoms with Gasteiger partial charge in [0.2, 0.25) is 0 Å². The monoisotopic (exact) mass is 338 g/mol. The van der Waals surface area contributed by atoms with Crippen LogP contribution >= 0.6 is 15.9 Å². The van der Waals surface area contributed by atoms with E-state index in [0.29, 0.717) is 12.0 Å². The van der Waals surface area contributed by atoms with Gasteiger partial charge in [0.05, 0.1) is 0 Å². The molecule has 0 amide bonds. The van der Waals surface area contributed by atoms with Gasteiger partial charge in [-0.3, -0.25) is 0 Å². The number of hydrogen-bond donors (Lipinski definition) is 1. The van der Waals surface area contributed by atoms with Gasteiger partial charge in [0, 0.05) is 29.3 Å². The lowest BCUT2D eigenvalue weighted by Gasteiger charge is -2.39. The summed E-state index contributed by atoms with van der Waals surface area (Å²) in [5.41, 5.74) is 2.88. The minimum absolute atomic E-state index is 0.687. The molecule has 1 aliphatic heterocycles. The number of piperidine rings is 1. The van der Waals surface area contributed by atoms with Crippen molar-refractivity contribution in [2.45, 2.75) is 46.1 Å². The summed E-state index contributed by atoms with van der Waals surface area (Å²) in [4.78, 5) is 2.57. The molecule has 2 atom stereocenters. The van der Waals surface area contributed by atoms with Gasteiger partial charge in [0.1, 0.15) is 0 Å². The van der Waals surface area contributed by atoms with Gasteiger partial charge >= 0.3 is 0 Å². The number of hydrogen-bond acceptors (Lipinski definition) is 2. The summed E-state index contributed by atoms with van der Waals surface area (Å²) in [6, 6.07) is 7.39. The van der Waals surface area contributed by atoms with Gasteiger partial charge < -0.3 is 10.2 Å². The summed E-state index contributed by atoms with van der Waals surface area (Å²) >= 11 is 3.58. The molecule has 1 N–H and O–H groups in total. The Labute approximate surface area is 132 Å². The Bertz CT molecular complexity index is 433. The van der Waals surface area contributed by atoms with Crippen molar-refractivity contribution >= 4 is 21.6 Å². The van der Waals surface area contributed by atoms with Gasteiger partial charge in [0.25, 0.3) is 0 Å². The molecule has 2 unspecified atom stereocenters. The van der Waals surface area contributed by atoms with Crippen LogP contribution in [-0.2, 0) is 6.42 Å². The summed E-state index contributed by atoms with van der Waals surface area (Å²) in [6.45, 7) is 10.3. The number of nitrogens with one attached hydrogen (secondary N) is 1. The van der Waals surface area contributed by atoms with Crippen LogP contribution in [0.25, 0.3) is 0 Å². The Kier molecular flexibility index (Phi) is 5.91. The van der Waals surface area contributed by atoms with Crippen molar-refractivity contribution in [2.24, 2.45) is 5.92 Å². The Hall–Kier alpha value is -0.540. The van der Waals surface area contributed by atoms with Crippen molar-refractivity contribution in [1.29, 1.82) is 0 Å². The van der Waals surface area contributed by atoms with Crippen molar-refractivity contribution in [3.8, 4) is 0 Å². The Morgan fingerprint density at radius 2 is 2.15 bits per heavy atom. The van der Waals surface area contributed by atoms with Crippen molar-refractivity contribution in [3.05, 3.63) is 28.2 Å². The zero-order valence-electron chi connectivity index (χ0n) is 13.0. The van der Waals surface area contributed by atoms with Crippen LogP contribution < -0.4 is 10.2 Å². The topological polar surface area (TPSA) is 15.3 Å². The highest BCUT2D eigenvalue weighted by atomic mass is 79.9. The Morgan fingerprint density at radius 1 is 1.35 bits per heavy atom. The van der Waals surface area contributed by atoms with Gasteiger partial charge in [0.15, 0.2) is 0 Å². The fourth-order valence-corrected chi connectivity index (χ4v) is 3.55. The lowest BCUT2D eigenvalue weighted by molar-refractivity contribution is 0.322. The zero-order valence-corrected chi connectivity index (χ0v) is 14.5. The molecule has 1 aromatic carbocycles. The highest BCUT2D eigenvalue weighted by Crippen LogP contribution is 2.29. The predicted molar refractivity (Wildman–Crippen MR) is 91.6 cm³/mol. The Balaban J connectivity index is 2.05. The molecule has 0 spiro atoms. The number of benzene rings is 1. The molecular weight excluding hydrogens is 312 g/mol. The Morgan fingerprint density at radius 3 is 2.80 bits per heavy atom. The molecule has 1 aromatic rings. The second-order valence-electron chi connectivity index (χ2n) is 5.90. The molecule has 0 aromatic heterocycles.